The second kappa shape index (κ2) is 4.10. The van der Waals surface area contributed by atoms with Crippen LogP contribution >= 0.6 is 0 Å². The number of halogens is 1. The average molecular weight is 229 g/mol. The minimum Gasteiger partial charge on any atom is -0.297 e. The number of carbonyl (C=O) groups is 1. The van der Waals surface area contributed by atoms with E-state index in [1.807, 2.05) is 46.4 Å². The van der Waals surface area contributed by atoms with Gasteiger partial charge in [-0.2, -0.15) is 0 Å². The summed E-state index contributed by atoms with van der Waals surface area (Å²) in [6.07, 6.45) is -0.511. The molecule has 0 saturated carbocycles. The Hall–Kier alpha value is -0.440. The molecule has 3 heteroatoms. The van der Waals surface area contributed by atoms with Gasteiger partial charge in [-0.25, -0.2) is 4.39 Å². The largest absolute Gasteiger partial charge is 0.297 e. The van der Waals surface area contributed by atoms with Crippen LogP contribution in [0.3, 0.4) is 0 Å². The smallest absolute Gasteiger partial charge is 0.155 e. The van der Waals surface area contributed by atoms with Crippen LogP contribution in [0.25, 0.3) is 0 Å². The van der Waals surface area contributed by atoms with Crippen molar-refractivity contribution < 1.29 is 9.18 Å². The molecule has 94 valence electrons. The standard InChI is InChI=1S/C13H24FNO/c1-12(2,3)11(16)10-7-9(14)8-15(10)13(4,5)6/h9-10H,7-8H2,1-6H3/t9-,10+/m1/s1. The second-order valence-corrected chi connectivity index (χ2v) is 6.79. The molecule has 0 aromatic heterocycles. The summed E-state index contributed by atoms with van der Waals surface area (Å²) in [4.78, 5) is 14.3. The van der Waals surface area contributed by atoms with E-state index in [0.717, 1.165) is 0 Å². The lowest BCUT2D eigenvalue weighted by Crippen LogP contribution is -2.50. The third kappa shape index (κ3) is 2.82. The number of likely N-dealkylation sites (tertiary alicyclic amines) is 1. The number of hydrogen-bond acceptors (Lipinski definition) is 2. The van der Waals surface area contributed by atoms with Gasteiger partial charge in [-0.05, 0) is 20.8 Å². The molecular weight excluding hydrogens is 205 g/mol. The molecule has 0 aliphatic carbocycles. The van der Waals surface area contributed by atoms with Gasteiger partial charge < -0.3 is 0 Å². The van der Waals surface area contributed by atoms with Gasteiger partial charge in [0.1, 0.15) is 6.17 Å². The SMILES string of the molecule is CC(C)(C)C(=O)[C@@H]1C[C@@H](F)CN1C(C)(C)C. The van der Waals surface area contributed by atoms with Crippen molar-refractivity contribution in [2.75, 3.05) is 6.54 Å². The quantitative estimate of drug-likeness (QED) is 0.689. The summed E-state index contributed by atoms with van der Waals surface area (Å²) in [5, 5.41) is 0. The fraction of sp³-hybridized carbons (Fsp3) is 0.923. The molecule has 1 aliphatic heterocycles. The van der Waals surface area contributed by atoms with E-state index in [1.165, 1.54) is 0 Å². The summed E-state index contributed by atoms with van der Waals surface area (Å²) in [6, 6.07) is -0.255. The van der Waals surface area contributed by atoms with Crippen molar-refractivity contribution >= 4 is 5.78 Å². The molecule has 2 nitrogen and oxygen atoms in total. The van der Waals surface area contributed by atoms with Gasteiger partial charge in [-0.3, -0.25) is 9.69 Å². The summed E-state index contributed by atoms with van der Waals surface area (Å²) >= 11 is 0. The van der Waals surface area contributed by atoms with Crippen molar-refractivity contribution in [2.24, 2.45) is 5.41 Å². The van der Waals surface area contributed by atoms with Crippen LogP contribution in [0.5, 0.6) is 0 Å². The van der Waals surface area contributed by atoms with Crippen molar-refractivity contribution in [2.45, 2.75) is 65.7 Å². The number of Topliss-reactive ketones (excluding diaryl/α,β-unsaturated/α-hetero) is 1. The Kier molecular flexibility index (Phi) is 3.49. The molecule has 1 aliphatic rings. The summed E-state index contributed by atoms with van der Waals surface area (Å²) in [6.45, 7) is 12.2. The molecule has 0 aromatic carbocycles. The number of nitrogens with zero attached hydrogens (tertiary/aromatic N) is 1. The zero-order chi connectivity index (χ0) is 12.7. The monoisotopic (exact) mass is 229 g/mol. The predicted molar refractivity (Wildman–Crippen MR) is 64.2 cm³/mol. The van der Waals surface area contributed by atoms with Crippen LogP contribution in [0, 0.1) is 5.41 Å². The molecule has 0 aromatic rings. The molecule has 1 rings (SSSR count). The van der Waals surface area contributed by atoms with Gasteiger partial charge in [0.25, 0.3) is 0 Å². The van der Waals surface area contributed by atoms with E-state index in [9.17, 15) is 9.18 Å². The highest BCUT2D eigenvalue weighted by molar-refractivity contribution is 5.89. The van der Waals surface area contributed by atoms with Gasteiger partial charge >= 0.3 is 0 Å². The Balaban J connectivity index is 2.91. The van der Waals surface area contributed by atoms with Crippen LogP contribution in [-0.4, -0.2) is 35.0 Å². The first-order chi connectivity index (χ1) is 7.03. The lowest BCUT2D eigenvalue weighted by Gasteiger charge is -2.38. The van der Waals surface area contributed by atoms with Gasteiger partial charge in [-0.1, -0.05) is 20.8 Å². The zero-order valence-electron chi connectivity index (χ0n) is 11.3. The summed E-state index contributed by atoms with van der Waals surface area (Å²) in [5.74, 6) is 0.155. The van der Waals surface area contributed by atoms with Crippen LogP contribution in [0.4, 0.5) is 4.39 Å². The third-order valence-corrected chi connectivity index (χ3v) is 3.15. The van der Waals surface area contributed by atoms with Crippen molar-refractivity contribution in [1.29, 1.82) is 0 Å². The first-order valence-corrected chi connectivity index (χ1v) is 5.98. The van der Waals surface area contributed by atoms with Crippen molar-refractivity contribution in [3.05, 3.63) is 0 Å². The van der Waals surface area contributed by atoms with E-state index < -0.39 is 11.6 Å². The van der Waals surface area contributed by atoms with Crippen molar-refractivity contribution in [3.8, 4) is 0 Å². The molecule has 16 heavy (non-hydrogen) atoms. The van der Waals surface area contributed by atoms with Gasteiger partial charge in [-0.15, -0.1) is 0 Å². The fourth-order valence-electron chi connectivity index (χ4n) is 2.27. The van der Waals surface area contributed by atoms with Crippen LogP contribution in [-0.2, 0) is 4.79 Å². The highest BCUT2D eigenvalue weighted by atomic mass is 19.1. The number of alkyl halides is 1. The molecule has 2 atom stereocenters. The molecule has 0 unspecified atom stereocenters. The molecular formula is C13H24FNO. The summed E-state index contributed by atoms with van der Waals surface area (Å²) in [5.41, 5.74) is -0.537. The molecule has 0 radical (unpaired) electrons. The first-order valence-electron chi connectivity index (χ1n) is 5.98. The highest BCUT2D eigenvalue weighted by Crippen LogP contribution is 2.32. The molecule has 1 fully saturated rings. The van der Waals surface area contributed by atoms with E-state index in [1.54, 1.807) is 0 Å². The second-order valence-electron chi connectivity index (χ2n) is 6.79. The van der Waals surface area contributed by atoms with E-state index >= 15 is 0 Å². The van der Waals surface area contributed by atoms with Crippen LogP contribution in [0.2, 0.25) is 0 Å². The lowest BCUT2D eigenvalue weighted by molar-refractivity contribution is -0.132. The Morgan fingerprint density at radius 2 is 1.69 bits per heavy atom. The van der Waals surface area contributed by atoms with E-state index in [-0.39, 0.29) is 17.4 Å². The van der Waals surface area contributed by atoms with Gasteiger partial charge in [0.05, 0.1) is 6.04 Å². The number of hydrogen-bond donors (Lipinski definition) is 0. The van der Waals surface area contributed by atoms with Gasteiger partial charge in [0.2, 0.25) is 0 Å². The van der Waals surface area contributed by atoms with Crippen LogP contribution in [0.1, 0.15) is 48.0 Å². The molecule has 1 heterocycles. The Morgan fingerprint density at radius 1 is 1.19 bits per heavy atom. The van der Waals surface area contributed by atoms with Crippen LogP contribution in [0.15, 0.2) is 0 Å². The highest BCUT2D eigenvalue weighted by Gasteiger charge is 2.44. The Morgan fingerprint density at radius 3 is 2.06 bits per heavy atom. The fourth-order valence-corrected chi connectivity index (χ4v) is 2.27. The molecule has 1 saturated heterocycles. The topological polar surface area (TPSA) is 20.3 Å². The van der Waals surface area contributed by atoms with Crippen LogP contribution < -0.4 is 0 Å². The maximum atomic E-state index is 13.5. The minimum atomic E-state index is -0.865. The number of carbonyl (C=O) groups excluding carboxylic acids is 1. The zero-order valence-corrected chi connectivity index (χ0v) is 11.3. The Labute approximate surface area is 98.2 Å². The predicted octanol–water partition coefficient (Wildman–Crippen LogP) is 2.81. The molecule has 0 spiro atoms. The number of rotatable bonds is 1. The summed E-state index contributed by atoms with van der Waals surface area (Å²) in [7, 11) is 0. The third-order valence-electron chi connectivity index (χ3n) is 3.15. The van der Waals surface area contributed by atoms with E-state index in [2.05, 4.69) is 0 Å². The maximum Gasteiger partial charge on any atom is 0.155 e. The molecule has 0 N–H and O–H groups in total. The normalized spacial score (nSPS) is 28.4. The van der Waals surface area contributed by atoms with Gasteiger partial charge in [0, 0.05) is 23.9 Å². The number of ketones is 1. The van der Waals surface area contributed by atoms with Crippen molar-refractivity contribution in [3.63, 3.8) is 0 Å². The van der Waals surface area contributed by atoms with E-state index in [0.29, 0.717) is 13.0 Å². The van der Waals surface area contributed by atoms with E-state index in [4.69, 9.17) is 0 Å². The maximum absolute atomic E-state index is 13.5. The average Bonchev–Trinajstić information content (AvgIpc) is 2.43. The lowest BCUT2D eigenvalue weighted by atomic mass is 9.84. The van der Waals surface area contributed by atoms with Gasteiger partial charge in [0.15, 0.2) is 5.78 Å². The summed E-state index contributed by atoms with van der Waals surface area (Å²) < 4.78 is 13.5. The Bertz CT molecular complexity index is 275. The molecule has 0 amide bonds. The minimum absolute atomic E-state index is 0.146. The van der Waals surface area contributed by atoms with Crippen molar-refractivity contribution in [1.82, 2.24) is 4.90 Å². The molecule has 0 bridgehead atoms. The first kappa shape index (κ1) is 13.6.